The maximum absolute atomic E-state index is 13.0. The predicted molar refractivity (Wildman–Crippen MR) is 75.7 cm³/mol. The molecule has 1 aromatic carbocycles. The summed E-state index contributed by atoms with van der Waals surface area (Å²) in [5.74, 6) is -0.226. The molecule has 19 heavy (non-hydrogen) atoms. The van der Waals surface area contributed by atoms with E-state index in [4.69, 9.17) is 10.5 Å². The number of halogens is 1. The molecule has 0 radical (unpaired) electrons. The van der Waals surface area contributed by atoms with E-state index >= 15 is 0 Å². The van der Waals surface area contributed by atoms with Crippen LogP contribution in [0.1, 0.15) is 12.8 Å². The molecule has 0 saturated carbocycles. The quantitative estimate of drug-likeness (QED) is 0.832. The van der Waals surface area contributed by atoms with Crippen LogP contribution < -0.4 is 11.1 Å². The molecule has 1 saturated heterocycles. The first-order chi connectivity index (χ1) is 9.15. The Morgan fingerprint density at radius 2 is 2.21 bits per heavy atom. The van der Waals surface area contributed by atoms with Crippen LogP contribution in [0.2, 0.25) is 0 Å². The van der Waals surface area contributed by atoms with E-state index < -0.39 is 5.82 Å². The number of nitrogens with one attached hydrogen (secondary N) is 1. The lowest BCUT2D eigenvalue weighted by molar-refractivity contribution is -0.113. The lowest BCUT2D eigenvalue weighted by Crippen LogP contribution is -2.21. The van der Waals surface area contributed by atoms with Gasteiger partial charge in [-0.3, -0.25) is 4.79 Å². The zero-order chi connectivity index (χ0) is 13.7. The minimum atomic E-state index is -0.415. The zero-order valence-electron chi connectivity index (χ0n) is 10.5. The van der Waals surface area contributed by atoms with Gasteiger partial charge in [-0.1, -0.05) is 0 Å². The van der Waals surface area contributed by atoms with E-state index in [0.29, 0.717) is 22.4 Å². The number of amides is 1. The van der Waals surface area contributed by atoms with E-state index in [0.717, 1.165) is 26.1 Å². The summed E-state index contributed by atoms with van der Waals surface area (Å²) in [6.45, 7) is 1.52. The van der Waals surface area contributed by atoms with Crippen LogP contribution in [0, 0.1) is 5.82 Å². The van der Waals surface area contributed by atoms with E-state index in [-0.39, 0.29) is 5.91 Å². The normalized spacial score (nSPS) is 16.3. The van der Waals surface area contributed by atoms with Crippen LogP contribution in [-0.4, -0.2) is 30.1 Å². The van der Waals surface area contributed by atoms with Gasteiger partial charge in [0.05, 0.1) is 17.1 Å². The van der Waals surface area contributed by atoms with Crippen LogP contribution in [0.4, 0.5) is 15.8 Å². The third kappa shape index (κ3) is 4.40. The Morgan fingerprint density at radius 1 is 1.47 bits per heavy atom. The lowest BCUT2D eigenvalue weighted by atomic mass is 10.2. The van der Waals surface area contributed by atoms with Crippen LogP contribution in [-0.2, 0) is 9.53 Å². The minimum Gasteiger partial charge on any atom is -0.397 e. The van der Waals surface area contributed by atoms with Gasteiger partial charge in [0.1, 0.15) is 5.82 Å². The Morgan fingerprint density at radius 3 is 2.95 bits per heavy atom. The van der Waals surface area contributed by atoms with Crippen LogP contribution in [0.3, 0.4) is 0 Å². The molecule has 3 N–H and O–H groups in total. The fourth-order valence-corrected chi connectivity index (χ4v) is 2.84. The molecule has 1 heterocycles. The monoisotopic (exact) mass is 284 g/mol. The molecule has 1 aliphatic rings. The summed E-state index contributed by atoms with van der Waals surface area (Å²) in [6, 6.07) is 3.94. The average Bonchev–Trinajstić information content (AvgIpc) is 2.42. The van der Waals surface area contributed by atoms with Gasteiger partial charge < -0.3 is 15.8 Å². The van der Waals surface area contributed by atoms with Crippen LogP contribution in [0.25, 0.3) is 0 Å². The third-order valence-corrected chi connectivity index (χ3v) is 4.28. The number of nitrogens with two attached hydrogens (primary N) is 1. The van der Waals surface area contributed by atoms with E-state index in [2.05, 4.69) is 5.32 Å². The van der Waals surface area contributed by atoms with Gasteiger partial charge in [-0.15, -0.1) is 11.8 Å². The largest absolute Gasteiger partial charge is 0.397 e. The van der Waals surface area contributed by atoms with Crippen LogP contribution >= 0.6 is 11.8 Å². The Kier molecular flexibility index (Phi) is 5.04. The molecular weight excluding hydrogens is 267 g/mol. The predicted octanol–water partition coefficient (Wildman–Crippen LogP) is 2.26. The molecule has 0 bridgehead atoms. The first kappa shape index (κ1) is 14.1. The molecule has 0 atom stereocenters. The van der Waals surface area contributed by atoms with Crippen LogP contribution in [0.15, 0.2) is 18.2 Å². The van der Waals surface area contributed by atoms with Gasteiger partial charge in [0, 0.05) is 18.5 Å². The van der Waals surface area contributed by atoms with Crippen molar-refractivity contribution in [1.82, 2.24) is 0 Å². The summed E-state index contributed by atoms with van der Waals surface area (Å²) in [4.78, 5) is 11.8. The summed E-state index contributed by atoms with van der Waals surface area (Å²) in [7, 11) is 0. The SMILES string of the molecule is Nc1ccc(F)cc1NC(=O)CSC1CCOCC1. The van der Waals surface area contributed by atoms with Crippen molar-refractivity contribution in [2.24, 2.45) is 0 Å². The molecule has 1 aromatic rings. The Balaban J connectivity index is 1.81. The second kappa shape index (κ2) is 6.77. The summed E-state index contributed by atoms with van der Waals surface area (Å²) in [6.07, 6.45) is 1.94. The number of rotatable bonds is 4. The number of carbonyl (C=O) groups excluding carboxylic acids is 1. The van der Waals surface area contributed by atoms with Gasteiger partial charge in [0.25, 0.3) is 0 Å². The maximum atomic E-state index is 13.0. The third-order valence-electron chi connectivity index (χ3n) is 2.91. The molecule has 4 nitrogen and oxygen atoms in total. The van der Waals surface area contributed by atoms with Gasteiger partial charge in [-0.05, 0) is 31.0 Å². The molecule has 2 rings (SSSR count). The molecule has 1 fully saturated rings. The highest BCUT2D eigenvalue weighted by Crippen LogP contribution is 2.23. The molecule has 104 valence electrons. The standard InChI is InChI=1S/C13H17FN2O2S/c14-9-1-2-11(15)12(7-9)16-13(17)8-19-10-3-5-18-6-4-10/h1-2,7,10H,3-6,8,15H2,(H,16,17). The zero-order valence-corrected chi connectivity index (χ0v) is 11.3. The van der Waals surface area contributed by atoms with E-state index in [1.54, 1.807) is 11.8 Å². The second-order valence-electron chi connectivity index (χ2n) is 4.40. The summed E-state index contributed by atoms with van der Waals surface area (Å²) < 4.78 is 18.3. The number of carbonyl (C=O) groups is 1. The van der Waals surface area contributed by atoms with Crippen LogP contribution in [0.5, 0.6) is 0 Å². The highest BCUT2D eigenvalue weighted by atomic mass is 32.2. The summed E-state index contributed by atoms with van der Waals surface area (Å²) in [5.41, 5.74) is 6.37. The first-order valence-electron chi connectivity index (χ1n) is 6.19. The van der Waals surface area contributed by atoms with Crippen molar-refractivity contribution in [1.29, 1.82) is 0 Å². The average molecular weight is 284 g/mol. The topological polar surface area (TPSA) is 64.3 Å². The summed E-state index contributed by atoms with van der Waals surface area (Å²) in [5, 5.41) is 3.10. The number of hydrogen-bond donors (Lipinski definition) is 2. The highest BCUT2D eigenvalue weighted by Gasteiger charge is 2.16. The molecule has 0 aliphatic carbocycles. The minimum absolute atomic E-state index is 0.159. The molecular formula is C13H17FN2O2S. The lowest BCUT2D eigenvalue weighted by Gasteiger charge is -2.21. The Bertz CT molecular complexity index is 450. The molecule has 0 spiro atoms. The molecule has 1 aliphatic heterocycles. The smallest absolute Gasteiger partial charge is 0.234 e. The first-order valence-corrected chi connectivity index (χ1v) is 7.24. The van der Waals surface area contributed by atoms with Gasteiger partial charge in [-0.25, -0.2) is 4.39 Å². The molecule has 6 heteroatoms. The number of ether oxygens (including phenoxy) is 1. The van der Waals surface area contributed by atoms with Gasteiger partial charge in [-0.2, -0.15) is 0 Å². The molecule has 1 amide bonds. The van der Waals surface area contributed by atoms with Gasteiger partial charge >= 0.3 is 0 Å². The van der Waals surface area contributed by atoms with Crippen molar-refractivity contribution in [2.45, 2.75) is 18.1 Å². The number of benzene rings is 1. The highest BCUT2D eigenvalue weighted by molar-refractivity contribution is 8.00. The van der Waals surface area contributed by atoms with Crippen molar-refractivity contribution in [3.63, 3.8) is 0 Å². The van der Waals surface area contributed by atoms with Crippen molar-refractivity contribution < 1.29 is 13.9 Å². The Labute approximate surface area is 115 Å². The number of nitrogen functional groups attached to an aromatic ring is 1. The van der Waals surface area contributed by atoms with E-state index in [9.17, 15) is 9.18 Å². The van der Waals surface area contributed by atoms with Crippen molar-refractivity contribution in [2.75, 3.05) is 30.0 Å². The van der Waals surface area contributed by atoms with Gasteiger partial charge in [0.15, 0.2) is 0 Å². The fourth-order valence-electron chi connectivity index (χ4n) is 1.86. The van der Waals surface area contributed by atoms with Crippen molar-refractivity contribution in [3.05, 3.63) is 24.0 Å². The Hall–Kier alpha value is -1.27. The van der Waals surface area contributed by atoms with Crippen molar-refractivity contribution >= 4 is 29.0 Å². The van der Waals surface area contributed by atoms with E-state index in [1.165, 1.54) is 18.2 Å². The number of anilines is 2. The summed E-state index contributed by atoms with van der Waals surface area (Å²) >= 11 is 1.61. The van der Waals surface area contributed by atoms with E-state index in [1.807, 2.05) is 0 Å². The fraction of sp³-hybridized carbons (Fsp3) is 0.462. The number of hydrogen-bond acceptors (Lipinski definition) is 4. The molecule has 0 aromatic heterocycles. The maximum Gasteiger partial charge on any atom is 0.234 e. The van der Waals surface area contributed by atoms with Gasteiger partial charge in [0.2, 0.25) is 5.91 Å². The number of thioether (sulfide) groups is 1. The second-order valence-corrected chi connectivity index (χ2v) is 5.69. The van der Waals surface area contributed by atoms with Crippen molar-refractivity contribution in [3.8, 4) is 0 Å². The molecule has 0 unspecified atom stereocenters.